The van der Waals surface area contributed by atoms with Gasteiger partial charge in [0.15, 0.2) is 0 Å². The number of hydrogen-bond donors (Lipinski definition) is 0. The lowest BCUT2D eigenvalue weighted by molar-refractivity contribution is 0.198. The first kappa shape index (κ1) is 9.19. The van der Waals surface area contributed by atoms with E-state index in [9.17, 15) is 0 Å². The number of nitrogens with zero attached hydrogens (tertiary/aromatic N) is 1. The zero-order chi connectivity index (χ0) is 10.3. The molecule has 2 unspecified atom stereocenters. The molecule has 80 valence electrons. The fraction of sp³-hybridized carbons (Fsp3) is 0.500. The van der Waals surface area contributed by atoms with Crippen molar-refractivity contribution in [2.75, 3.05) is 20.2 Å². The maximum absolute atomic E-state index is 5.40. The normalized spacial score (nSPS) is 28.9. The van der Waals surface area contributed by atoms with Crippen molar-refractivity contribution in [2.24, 2.45) is 0 Å². The average Bonchev–Trinajstić information content (AvgIpc) is 2.88. The van der Waals surface area contributed by atoms with Gasteiger partial charge in [-0.05, 0) is 17.7 Å². The van der Waals surface area contributed by atoms with Gasteiger partial charge in [-0.1, -0.05) is 12.1 Å². The van der Waals surface area contributed by atoms with Crippen LogP contribution in [0.1, 0.15) is 5.56 Å². The highest BCUT2D eigenvalue weighted by atomic mass is 16.6. The van der Waals surface area contributed by atoms with E-state index >= 15 is 0 Å². The minimum absolute atomic E-state index is 0.531. The van der Waals surface area contributed by atoms with Crippen LogP contribution in [-0.4, -0.2) is 37.3 Å². The smallest absolute Gasteiger partial charge is 0.118 e. The summed E-state index contributed by atoms with van der Waals surface area (Å²) in [6, 6.07) is 8.29. The summed E-state index contributed by atoms with van der Waals surface area (Å²) in [6.07, 6.45) is 1.06. The monoisotopic (exact) mass is 205 g/mol. The highest BCUT2D eigenvalue weighted by Gasteiger charge is 2.46. The van der Waals surface area contributed by atoms with Crippen LogP contribution in [0.4, 0.5) is 0 Å². The average molecular weight is 205 g/mol. The Balaban J connectivity index is 1.61. The Bertz CT molecular complexity index is 339. The molecule has 0 radical (unpaired) electrons. The number of hydrogen-bond acceptors (Lipinski definition) is 3. The number of morpholine rings is 1. The first-order valence-electron chi connectivity index (χ1n) is 5.36. The number of fused-ring (bicyclic) bond motifs is 1. The Kier molecular flexibility index (Phi) is 2.15. The van der Waals surface area contributed by atoms with E-state index in [1.807, 2.05) is 12.1 Å². The number of methoxy groups -OCH3 is 1. The molecule has 0 amide bonds. The van der Waals surface area contributed by atoms with E-state index in [0.717, 1.165) is 25.4 Å². The number of rotatable bonds is 3. The standard InChI is InChI=1S/C12H15NO2/c1-14-10-4-2-9(3-5-10)6-13-7-11-12(8-13)15-11/h2-5,11-12H,6-8H2,1H3. The van der Waals surface area contributed by atoms with Crippen molar-refractivity contribution >= 4 is 0 Å². The van der Waals surface area contributed by atoms with E-state index < -0.39 is 0 Å². The molecule has 0 saturated carbocycles. The first-order chi connectivity index (χ1) is 7.35. The molecule has 1 aromatic rings. The lowest BCUT2D eigenvalue weighted by Gasteiger charge is -2.16. The number of epoxide rings is 1. The van der Waals surface area contributed by atoms with Crippen molar-refractivity contribution in [3.05, 3.63) is 29.8 Å². The van der Waals surface area contributed by atoms with Crippen molar-refractivity contribution in [2.45, 2.75) is 18.8 Å². The van der Waals surface area contributed by atoms with Crippen LogP contribution in [-0.2, 0) is 11.3 Å². The summed E-state index contributed by atoms with van der Waals surface area (Å²) >= 11 is 0. The Hall–Kier alpha value is -1.06. The topological polar surface area (TPSA) is 25.0 Å². The molecule has 2 heterocycles. The van der Waals surface area contributed by atoms with Gasteiger partial charge in [-0.15, -0.1) is 0 Å². The molecule has 0 spiro atoms. The minimum atomic E-state index is 0.531. The van der Waals surface area contributed by atoms with Crippen molar-refractivity contribution in [3.8, 4) is 5.75 Å². The Morgan fingerprint density at radius 2 is 1.93 bits per heavy atom. The molecule has 2 saturated heterocycles. The van der Waals surface area contributed by atoms with E-state index in [1.54, 1.807) is 7.11 Å². The zero-order valence-corrected chi connectivity index (χ0v) is 8.85. The maximum atomic E-state index is 5.40. The van der Waals surface area contributed by atoms with E-state index in [-0.39, 0.29) is 0 Å². The molecule has 2 aliphatic rings. The van der Waals surface area contributed by atoms with Gasteiger partial charge in [-0.2, -0.15) is 0 Å². The van der Waals surface area contributed by atoms with Gasteiger partial charge in [-0.3, -0.25) is 4.90 Å². The van der Waals surface area contributed by atoms with Gasteiger partial charge in [0, 0.05) is 19.6 Å². The third kappa shape index (κ3) is 1.85. The number of ether oxygens (including phenoxy) is 2. The van der Waals surface area contributed by atoms with Crippen LogP contribution in [0.2, 0.25) is 0 Å². The number of likely N-dealkylation sites (tertiary alicyclic amines) is 1. The molecule has 2 aliphatic heterocycles. The minimum Gasteiger partial charge on any atom is -0.497 e. The van der Waals surface area contributed by atoms with E-state index in [0.29, 0.717) is 12.2 Å². The van der Waals surface area contributed by atoms with Crippen LogP contribution in [0.3, 0.4) is 0 Å². The molecule has 0 aliphatic carbocycles. The van der Waals surface area contributed by atoms with E-state index in [4.69, 9.17) is 9.47 Å². The summed E-state index contributed by atoms with van der Waals surface area (Å²) in [6.45, 7) is 3.22. The Labute approximate surface area is 89.6 Å². The maximum Gasteiger partial charge on any atom is 0.118 e. The molecule has 2 fully saturated rings. The zero-order valence-electron chi connectivity index (χ0n) is 8.85. The van der Waals surface area contributed by atoms with Gasteiger partial charge in [0.2, 0.25) is 0 Å². The highest BCUT2D eigenvalue weighted by molar-refractivity contribution is 5.27. The summed E-state index contributed by atoms with van der Waals surface area (Å²) in [7, 11) is 1.69. The summed E-state index contributed by atoms with van der Waals surface area (Å²) in [5.74, 6) is 0.923. The fourth-order valence-electron chi connectivity index (χ4n) is 2.20. The van der Waals surface area contributed by atoms with Crippen molar-refractivity contribution in [3.63, 3.8) is 0 Å². The third-order valence-electron chi connectivity index (χ3n) is 3.13. The second-order valence-electron chi connectivity index (χ2n) is 4.26. The molecule has 3 nitrogen and oxygen atoms in total. The van der Waals surface area contributed by atoms with Gasteiger partial charge in [0.25, 0.3) is 0 Å². The molecule has 15 heavy (non-hydrogen) atoms. The summed E-state index contributed by atoms with van der Waals surface area (Å²) < 4.78 is 10.5. The summed E-state index contributed by atoms with van der Waals surface area (Å²) in [5.41, 5.74) is 1.34. The van der Waals surface area contributed by atoms with Crippen LogP contribution in [0.15, 0.2) is 24.3 Å². The fourth-order valence-corrected chi connectivity index (χ4v) is 2.20. The molecule has 3 rings (SSSR count). The largest absolute Gasteiger partial charge is 0.497 e. The number of benzene rings is 1. The van der Waals surface area contributed by atoms with Crippen LogP contribution < -0.4 is 4.74 Å². The second-order valence-corrected chi connectivity index (χ2v) is 4.26. The lowest BCUT2D eigenvalue weighted by atomic mass is 10.2. The molecular weight excluding hydrogens is 190 g/mol. The van der Waals surface area contributed by atoms with Crippen LogP contribution >= 0.6 is 0 Å². The van der Waals surface area contributed by atoms with Gasteiger partial charge in [0.05, 0.1) is 19.3 Å². The highest BCUT2D eigenvalue weighted by Crippen LogP contribution is 2.31. The van der Waals surface area contributed by atoms with E-state index in [2.05, 4.69) is 17.0 Å². The SMILES string of the molecule is COc1ccc(CN2CC3OC3C2)cc1. The molecule has 2 atom stereocenters. The molecule has 0 N–H and O–H groups in total. The quantitative estimate of drug-likeness (QED) is 0.695. The molecule has 0 aromatic heterocycles. The van der Waals surface area contributed by atoms with Gasteiger partial charge < -0.3 is 9.47 Å². The van der Waals surface area contributed by atoms with Gasteiger partial charge >= 0.3 is 0 Å². The van der Waals surface area contributed by atoms with Crippen molar-refractivity contribution < 1.29 is 9.47 Å². The Morgan fingerprint density at radius 1 is 1.27 bits per heavy atom. The van der Waals surface area contributed by atoms with E-state index in [1.165, 1.54) is 5.56 Å². The Morgan fingerprint density at radius 3 is 2.53 bits per heavy atom. The predicted octanol–water partition coefficient (Wildman–Crippen LogP) is 1.28. The van der Waals surface area contributed by atoms with Gasteiger partial charge in [0.1, 0.15) is 5.75 Å². The van der Waals surface area contributed by atoms with Crippen molar-refractivity contribution in [1.82, 2.24) is 4.90 Å². The van der Waals surface area contributed by atoms with Gasteiger partial charge in [-0.25, -0.2) is 0 Å². The molecule has 3 heteroatoms. The molecule has 1 aromatic carbocycles. The van der Waals surface area contributed by atoms with Crippen LogP contribution in [0.25, 0.3) is 0 Å². The first-order valence-corrected chi connectivity index (χ1v) is 5.36. The molecule has 0 bridgehead atoms. The lowest BCUT2D eigenvalue weighted by Crippen LogP contribution is -2.23. The second kappa shape index (κ2) is 3.51. The van der Waals surface area contributed by atoms with Crippen LogP contribution in [0.5, 0.6) is 5.75 Å². The summed E-state index contributed by atoms with van der Waals surface area (Å²) in [5, 5.41) is 0. The summed E-state index contributed by atoms with van der Waals surface area (Å²) in [4.78, 5) is 2.45. The molecular formula is C12H15NO2. The van der Waals surface area contributed by atoms with Crippen LogP contribution in [0, 0.1) is 0 Å². The third-order valence-corrected chi connectivity index (χ3v) is 3.13. The predicted molar refractivity (Wildman–Crippen MR) is 56.9 cm³/mol. The van der Waals surface area contributed by atoms with Crippen molar-refractivity contribution in [1.29, 1.82) is 0 Å².